The summed E-state index contributed by atoms with van der Waals surface area (Å²) in [7, 11) is -9.33. The topological polar surface area (TPSA) is 370 Å². The maximum Gasteiger partial charge on any atom is 0.394 e. The first kappa shape index (κ1) is 81.4. The van der Waals surface area contributed by atoms with Gasteiger partial charge in [-0.2, -0.15) is 16.8 Å². The summed E-state index contributed by atoms with van der Waals surface area (Å²) in [5.41, 5.74) is 0. The largest absolute Gasteiger partial charge is 0.412 e. The zero-order chi connectivity index (χ0) is 9.00. The normalized spacial score (nSPS) is 6.44. The van der Waals surface area contributed by atoms with E-state index in [-0.39, 0.29) is 55.4 Å². The Hall–Kier alpha value is -0.0205. The molecular weight excluding hydrogens is 360 g/mol. The maximum atomic E-state index is 8.74. The fraction of sp³-hybridized carbons (Fsp3) is 0. The molecule has 128 valence electrons. The van der Waals surface area contributed by atoms with Crippen LogP contribution in [0.3, 0.4) is 0 Å². The molecule has 0 atom stereocenters. The van der Waals surface area contributed by atoms with Gasteiger partial charge in [-0.25, -0.2) is 0 Å². The van der Waals surface area contributed by atoms with Gasteiger partial charge in [-0.3, -0.25) is 18.2 Å². The van der Waals surface area contributed by atoms with Crippen LogP contribution in [0.4, 0.5) is 0 Å². The van der Waals surface area contributed by atoms with Gasteiger partial charge >= 0.3 is 20.8 Å². The van der Waals surface area contributed by atoms with Crippen LogP contribution >= 0.6 is 0 Å². The second-order valence-corrected chi connectivity index (χ2v) is 2.69. The third kappa shape index (κ3) is 8520000. The van der Waals surface area contributed by atoms with Crippen molar-refractivity contribution in [2.24, 2.45) is 0 Å². The van der Waals surface area contributed by atoms with Crippen molar-refractivity contribution in [1.82, 2.24) is 0 Å². The molecule has 0 amide bonds. The Kier molecular flexibility index (Phi) is 137. The van der Waals surface area contributed by atoms with Crippen molar-refractivity contribution in [3.63, 3.8) is 0 Å². The Morgan fingerprint density at radius 1 is 0.444 bits per heavy atom. The fourth-order valence-electron chi connectivity index (χ4n) is 0. The summed E-state index contributed by atoms with van der Waals surface area (Å²) in [4.78, 5) is 0. The zero-order valence-electron chi connectivity index (χ0n) is 8.09. The van der Waals surface area contributed by atoms with E-state index in [9.17, 15) is 0 Å². The van der Waals surface area contributed by atoms with Crippen LogP contribution in [0.15, 0.2) is 0 Å². The summed E-state index contributed by atoms with van der Waals surface area (Å²) in [6.45, 7) is 0. The molecule has 0 radical (unpaired) electrons. The van der Waals surface area contributed by atoms with Crippen LogP contribution in [0, 0.1) is 0 Å². The van der Waals surface area contributed by atoms with Crippen LogP contribution in [0.1, 0.15) is 0 Å². The van der Waals surface area contributed by atoms with E-state index in [2.05, 4.69) is 0 Å². The number of hydrogen-bond acceptors (Lipinski definition) is 4. The standard InChI is InChI=1S/Fe.2H2O4S.7H2O/c;2*1-5(2,3)4;;;;;;;/h;2*(H2,1,2,3,4);7*1H2. The van der Waals surface area contributed by atoms with Crippen LogP contribution in [0.2, 0.25) is 0 Å². The molecule has 15 nitrogen and oxygen atoms in total. The predicted octanol–water partition coefficient (Wildman–Crippen LogP) is -7.08. The summed E-state index contributed by atoms with van der Waals surface area (Å²) in [6, 6.07) is 0. The second-order valence-electron chi connectivity index (χ2n) is 0.896. The summed E-state index contributed by atoms with van der Waals surface area (Å²) in [5, 5.41) is 0. The van der Waals surface area contributed by atoms with E-state index in [1.165, 1.54) is 0 Å². The van der Waals surface area contributed by atoms with Gasteiger partial charge in [0.1, 0.15) is 0 Å². The molecule has 0 heterocycles. The Labute approximate surface area is 112 Å². The first-order chi connectivity index (χ1) is 4.00. The van der Waals surface area contributed by atoms with Crippen LogP contribution < -0.4 is 0 Å². The van der Waals surface area contributed by atoms with Crippen LogP contribution in [-0.2, 0) is 37.9 Å². The smallest absolute Gasteiger partial charge is 0.394 e. The molecule has 0 aliphatic rings. The molecular formula is H18FeO15S2. The molecule has 18 heavy (non-hydrogen) atoms. The van der Waals surface area contributed by atoms with E-state index in [0.717, 1.165) is 0 Å². The summed E-state index contributed by atoms with van der Waals surface area (Å²) >= 11 is 0. The Morgan fingerprint density at radius 3 is 0.444 bits per heavy atom. The van der Waals surface area contributed by atoms with Crippen molar-refractivity contribution in [1.29, 1.82) is 0 Å². The monoisotopic (exact) mass is 378 g/mol. The molecule has 0 saturated carbocycles. The number of hydrogen-bond donors (Lipinski definition) is 4. The van der Waals surface area contributed by atoms with Crippen molar-refractivity contribution < 1.29 is 90.4 Å². The van der Waals surface area contributed by atoms with Crippen molar-refractivity contribution in [2.45, 2.75) is 0 Å². The first-order valence-electron chi connectivity index (χ1n) is 1.40. The molecule has 0 aromatic rings. The van der Waals surface area contributed by atoms with Crippen LogP contribution in [0.5, 0.6) is 0 Å². The van der Waals surface area contributed by atoms with Gasteiger partial charge in [-0.1, -0.05) is 0 Å². The molecule has 0 unspecified atom stereocenters. The average molecular weight is 378 g/mol. The third-order valence-corrected chi connectivity index (χ3v) is 0. The molecule has 0 spiro atoms. The molecule has 18 N–H and O–H groups in total. The van der Waals surface area contributed by atoms with Gasteiger partial charge in [0.25, 0.3) is 0 Å². The van der Waals surface area contributed by atoms with E-state index in [1.807, 2.05) is 0 Å². The predicted molar refractivity (Wildman–Crippen MR) is 53.7 cm³/mol. The van der Waals surface area contributed by atoms with Crippen molar-refractivity contribution in [3.8, 4) is 0 Å². The Morgan fingerprint density at radius 2 is 0.444 bits per heavy atom. The minimum Gasteiger partial charge on any atom is -0.412 e. The molecule has 0 bridgehead atoms. The third-order valence-electron chi connectivity index (χ3n) is 0. The summed E-state index contributed by atoms with van der Waals surface area (Å²) in [5.74, 6) is 0. The van der Waals surface area contributed by atoms with Gasteiger partial charge in [0.2, 0.25) is 0 Å². The molecule has 0 aromatic carbocycles. The molecule has 18 heteroatoms. The number of rotatable bonds is 0. The van der Waals surface area contributed by atoms with E-state index in [4.69, 9.17) is 35.0 Å². The van der Waals surface area contributed by atoms with Crippen LogP contribution in [0.25, 0.3) is 0 Å². The van der Waals surface area contributed by atoms with Crippen molar-refractivity contribution >= 4 is 20.8 Å². The van der Waals surface area contributed by atoms with E-state index in [0.29, 0.717) is 0 Å². The Bertz CT molecular complexity index is 211. The van der Waals surface area contributed by atoms with E-state index in [1.54, 1.807) is 0 Å². The van der Waals surface area contributed by atoms with Crippen molar-refractivity contribution in [3.05, 3.63) is 0 Å². The maximum absolute atomic E-state index is 8.74. The van der Waals surface area contributed by atoms with Gasteiger partial charge in [0.15, 0.2) is 0 Å². The molecule has 0 aromatic heterocycles. The van der Waals surface area contributed by atoms with Crippen LogP contribution in [-0.4, -0.2) is 73.4 Å². The average Bonchev–Trinajstić information content (AvgIpc) is 1.12. The summed E-state index contributed by atoms with van der Waals surface area (Å²) in [6.07, 6.45) is 0. The van der Waals surface area contributed by atoms with Gasteiger partial charge in [-0.15, -0.1) is 0 Å². The van der Waals surface area contributed by atoms with E-state index >= 15 is 0 Å². The molecule has 0 rings (SSSR count). The second kappa shape index (κ2) is 30.2. The fourth-order valence-corrected chi connectivity index (χ4v) is 0. The first-order valence-corrected chi connectivity index (χ1v) is 4.19. The minimum absolute atomic E-state index is 0. The molecule has 0 fully saturated rings. The van der Waals surface area contributed by atoms with Gasteiger partial charge in [-0.05, 0) is 0 Å². The SMILES string of the molecule is O.O.O.O.O.O.O.O=S(=O)(O)O.O=S(=O)(O)O.[Fe]. The summed E-state index contributed by atoms with van der Waals surface area (Å²) < 4.78 is 63.2. The molecule has 0 saturated heterocycles. The van der Waals surface area contributed by atoms with Gasteiger partial charge in [0, 0.05) is 17.1 Å². The van der Waals surface area contributed by atoms with Crippen molar-refractivity contribution in [2.75, 3.05) is 0 Å². The van der Waals surface area contributed by atoms with E-state index < -0.39 is 20.8 Å². The minimum atomic E-state index is -4.67. The quantitative estimate of drug-likeness (QED) is 0.231. The molecule has 0 aliphatic heterocycles. The zero-order valence-corrected chi connectivity index (χ0v) is 10.8. The molecule has 0 aliphatic carbocycles. The van der Waals surface area contributed by atoms with Gasteiger partial charge in [0.05, 0.1) is 0 Å². The van der Waals surface area contributed by atoms with Gasteiger partial charge < -0.3 is 38.3 Å². The Balaban J connectivity index is -0.00000000615.